The first-order valence-electron chi connectivity index (χ1n) is 6.56. The van der Waals surface area contributed by atoms with Gasteiger partial charge < -0.3 is 15.4 Å². The fourth-order valence-electron chi connectivity index (χ4n) is 2.59. The molecule has 1 fully saturated rings. The SMILES string of the molecule is CCC1CCC(Nc2cccnc2[N+](=O)[O-])CC1. The number of hydrogen-bond donors (Lipinski definition) is 1. The molecule has 1 N–H and O–H groups in total. The molecular weight excluding hydrogens is 230 g/mol. The highest BCUT2D eigenvalue weighted by molar-refractivity contribution is 5.57. The topological polar surface area (TPSA) is 68.1 Å². The van der Waals surface area contributed by atoms with Crippen LogP contribution >= 0.6 is 0 Å². The highest BCUT2D eigenvalue weighted by atomic mass is 16.6. The summed E-state index contributed by atoms with van der Waals surface area (Å²) < 4.78 is 0. The number of nitrogens with one attached hydrogen (secondary N) is 1. The average molecular weight is 249 g/mol. The molecule has 0 unspecified atom stereocenters. The van der Waals surface area contributed by atoms with Crippen molar-refractivity contribution >= 4 is 11.5 Å². The maximum Gasteiger partial charge on any atom is 0.386 e. The predicted octanol–water partition coefficient (Wildman–Crippen LogP) is 3.37. The van der Waals surface area contributed by atoms with E-state index in [-0.39, 0.29) is 5.82 Å². The van der Waals surface area contributed by atoms with Crippen LogP contribution in [0.5, 0.6) is 0 Å². The minimum atomic E-state index is -0.431. The number of pyridine rings is 1. The normalized spacial score (nSPS) is 23.6. The Morgan fingerprint density at radius 1 is 1.44 bits per heavy atom. The molecule has 1 heterocycles. The summed E-state index contributed by atoms with van der Waals surface area (Å²) in [6, 6.07) is 3.81. The molecule has 1 saturated carbocycles. The van der Waals surface area contributed by atoms with Gasteiger partial charge in [0.2, 0.25) is 0 Å². The second-order valence-electron chi connectivity index (χ2n) is 4.90. The smallest absolute Gasteiger partial charge is 0.375 e. The molecule has 1 aromatic heterocycles. The third-order valence-corrected chi connectivity index (χ3v) is 3.74. The molecular formula is C13H19N3O2. The minimum absolute atomic E-state index is 0.0740. The van der Waals surface area contributed by atoms with Crippen molar-refractivity contribution in [1.82, 2.24) is 4.98 Å². The molecule has 5 heteroatoms. The summed E-state index contributed by atoms with van der Waals surface area (Å²) in [5.41, 5.74) is 0.544. The third-order valence-electron chi connectivity index (χ3n) is 3.74. The van der Waals surface area contributed by atoms with E-state index < -0.39 is 4.92 Å². The van der Waals surface area contributed by atoms with E-state index in [0.29, 0.717) is 11.7 Å². The van der Waals surface area contributed by atoms with Crippen molar-refractivity contribution in [3.05, 3.63) is 28.4 Å². The molecule has 0 aromatic carbocycles. The van der Waals surface area contributed by atoms with Crippen LogP contribution in [0, 0.1) is 16.0 Å². The minimum Gasteiger partial charge on any atom is -0.375 e. The van der Waals surface area contributed by atoms with Gasteiger partial charge in [0, 0.05) is 6.04 Å². The molecule has 1 aliphatic rings. The number of nitro groups is 1. The molecule has 0 saturated heterocycles. The van der Waals surface area contributed by atoms with Gasteiger partial charge in [-0.25, -0.2) is 0 Å². The zero-order valence-electron chi connectivity index (χ0n) is 10.6. The maximum atomic E-state index is 10.9. The molecule has 0 radical (unpaired) electrons. The highest BCUT2D eigenvalue weighted by Crippen LogP contribution is 2.30. The van der Waals surface area contributed by atoms with Crippen LogP contribution in [0.3, 0.4) is 0 Å². The van der Waals surface area contributed by atoms with Crippen LogP contribution in [-0.4, -0.2) is 15.9 Å². The van der Waals surface area contributed by atoms with Gasteiger partial charge in [0.05, 0.1) is 0 Å². The first-order valence-corrected chi connectivity index (χ1v) is 6.56. The molecule has 18 heavy (non-hydrogen) atoms. The zero-order chi connectivity index (χ0) is 13.0. The van der Waals surface area contributed by atoms with E-state index in [1.165, 1.54) is 25.5 Å². The van der Waals surface area contributed by atoms with Gasteiger partial charge in [0.25, 0.3) is 0 Å². The van der Waals surface area contributed by atoms with Crippen LogP contribution in [0.15, 0.2) is 18.3 Å². The monoisotopic (exact) mass is 249 g/mol. The van der Waals surface area contributed by atoms with Gasteiger partial charge in [-0.1, -0.05) is 13.3 Å². The van der Waals surface area contributed by atoms with Gasteiger partial charge in [-0.3, -0.25) is 0 Å². The van der Waals surface area contributed by atoms with Crippen LogP contribution in [0.2, 0.25) is 0 Å². The fourth-order valence-corrected chi connectivity index (χ4v) is 2.59. The Bertz CT molecular complexity index is 414. The van der Waals surface area contributed by atoms with Gasteiger partial charge in [-0.15, -0.1) is 0 Å². The van der Waals surface area contributed by atoms with Crippen molar-refractivity contribution in [3.8, 4) is 0 Å². The lowest BCUT2D eigenvalue weighted by molar-refractivity contribution is -0.388. The van der Waals surface area contributed by atoms with Gasteiger partial charge in [0.1, 0.15) is 11.9 Å². The quantitative estimate of drug-likeness (QED) is 0.656. The van der Waals surface area contributed by atoms with Crippen molar-refractivity contribution in [2.75, 3.05) is 5.32 Å². The molecule has 1 aliphatic carbocycles. The second-order valence-corrected chi connectivity index (χ2v) is 4.90. The van der Waals surface area contributed by atoms with E-state index in [2.05, 4.69) is 17.2 Å². The summed E-state index contributed by atoms with van der Waals surface area (Å²) in [6.07, 6.45) is 7.29. The van der Waals surface area contributed by atoms with E-state index in [9.17, 15) is 10.1 Å². The summed E-state index contributed by atoms with van der Waals surface area (Å²) in [5, 5.41) is 14.1. The second kappa shape index (κ2) is 5.80. The van der Waals surface area contributed by atoms with Crippen LogP contribution in [0.25, 0.3) is 0 Å². The van der Waals surface area contributed by atoms with Gasteiger partial charge in [-0.2, -0.15) is 0 Å². The molecule has 0 aliphatic heterocycles. The van der Waals surface area contributed by atoms with Gasteiger partial charge in [-0.05, 0) is 53.6 Å². The number of nitrogens with zero attached hydrogens (tertiary/aromatic N) is 2. The van der Waals surface area contributed by atoms with Crippen LogP contribution in [0.1, 0.15) is 39.0 Å². The summed E-state index contributed by atoms with van der Waals surface area (Å²) >= 11 is 0. The lowest BCUT2D eigenvalue weighted by Crippen LogP contribution is -2.26. The van der Waals surface area contributed by atoms with E-state index in [4.69, 9.17) is 0 Å². The summed E-state index contributed by atoms with van der Waals surface area (Å²) in [7, 11) is 0. The van der Waals surface area contributed by atoms with Crippen LogP contribution in [-0.2, 0) is 0 Å². The lowest BCUT2D eigenvalue weighted by atomic mass is 9.84. The lowest BCUT2D eigenvalue weighted by Gasteiger charge is -2.28. The third kappa shape index (κ3) is 2.97. The summed E-state index contributed by atoms with van der Waals surface area (Å²) in [4.78, 5) is 14.2. The molecule has 98 valence electrons. The molecule has 0 amide bonds. The largest absolute Gasteiger partial charge is 0.386 e. The number of anilines is 1. The van der Waals surface area contributed by atoms with Crippen LogP contribution < -0.4 is 5.32 Å². The molecule has 1 aromatic rings. The highest BCUT2D eigenvalue weighted by Gasteiger charge is 2.22. The van der Waals surface area contributed by atoms with Crippen molar-refractivity contribution in [1.29, 1.82) is 0 Å². The van der Waals surface area contributed by atoms with Crippen molar-refractivity contribution < 1.29 is 4.92 Å². The fraction of sp³-hybridized carbons (Fsp3) is 0.615. The number of aromatic nitrogens is 1. The van der Waals surface area contributed by atoms with Gasteiger partial charge >= 0.3 is 5.82 Å². The summed E-state index contributed by atoms with van der Waals surface area (Å²) in [6.45, 7) is 2.23. The Kier molecular flexibility index (Phi) is 4.12. The standard InChI is InChI=1S/C13H19N3O2/c1-2-10-5-7-11(8-6-10)15-12-4-3-9-14-13(12)16(17)18/h3-4,9-11,15H,2,5-8H2,1H3. The molecule has 0 atom stereocenters. The van der Waals surface area contributed by atoms with E-state index >= 15 is 0 Å². The Morgan fingerprint density at radius 2 is 2.17 bits per heavy atom. The van der Waals surface area contributed by atoms with Gasteiger partial charge in [0.15, 0.2) is 0 Å². The zero-order valence-corrected chi connectivity index (χ0v) is 10.6. The first kappa shape index (κ1) is 12.8. The maximum absolute atomic E-state index is 10.9. The average Bonchev–Trinajstić information content (AvgIpc) is 2.40. The number of rotatable bonds is 4. The van der Waals surface area contributed by atoms with E-state index in [1.54, 1.807) is 12.1 Å². The predicted molar refractivity (Wildman–Crippen MR) is 70.6 cm³/mol. The molecule has 0 bridgehead atoms. The first-order chi connectivity index (χ1) is 8.70. The Labute approximate surface area is 107 Å². The van der Waals surface area contributed by atoms with E-state index in [0.717, 1.165) is 18.8 Å². The molecule has 2 rings (SSSR count). The van der Waals surface area contributed by atoms with Crippen LogP contribution in [0.4, 0.5) is 11.5 Å². The summed E-state index contributed by atoms with van der Waals surface area (Å²) in [5.74, 6) is 0.752. The Balaban J connectivity index is 2.00. The molecule has 5 nitrogen and oxygen atoms in total. The van der Waals surface area contributed by atoms with Crippen molar-refractivity contribution in [2.24, 2.45) is 5.92 Å². The number of hydrogen-bond acceptors (Lipinski definition) is 4. The Hall–Kier alpha value is -1.65. The molecule has 0 spiro atoms. The van der Waals surface area contributed by atoms with E-state index in [1.807, 2.05) is 0 Å². The Morgan fingerprint density at radius 3 is 2.78 bits per heavy atom. The van der Waals surface area contributed by atoms with Crippen molar-refractivity contribution in [3.63, 3.8) is 0 Å². The van der Waals surface area contributed by atoms with Crippen molar-refractivity contribution in [2.45, 2.75) is 45.1 Å².